The van der Waals surface area contributed by atoms with E-state index in [1.165, 1.54) is 19.3 Å². The number of hydrogen-bond acceptors (Lipinski definition) is 1. The highest BCUT2D eigenvalue weighted by atomic mass is 16.3. The highest BCUT2D eigenvalue weighted by molar-refractivity contribution is 5.03. The molecule has 14 heavy (non-hydrogen) atoms. The van der Waals surface area contributed by atoms with Gasteiger partial charge in [-0.15, -0.1) is 0 Å². The summed E-state index contributed by atoms with van der Waals surface area (Å²) in [6.07, 6.45) is 3.85. The van der Waals surface area contributed by atoms with Crippen molar-refractivity contribution in [2.45, 2.75) is 60.0 Å². The largest absolute Gasteiger partial charge is 0.393 e. The molecule has 1 nitrogen and oxygen atoms in total. The Kier molecular flexibility index (Phi) is 3.63. The summed E-state index contributed by atoms with van der Waals surface area (Å²) in [4.78, 5) is 0. The van der Waals surface area contributed by atoms with Gasteiger partial charge in [-0.05, 0) is 36.5 Å². The maximum atomic E-state index is 9.58. The van der Waals surface area contributed by atoms with Crippen molar-refractivity contribution in [1.29, 1.82) is 0 Å². The van der Waals surface area contributed by atoms with Crippen LogP contribution in [0.1, 0.15) is 53.9 Å². The van der Waals surface area contributed by atoms with Crippen LogP contribution in [-0.4, -0.2) is 11.2 Å². The lowest BCUT2D eigenvalue weighted by Crippen LogP contribution is -2.24. The van der Waals surface area contributed by atoms with Gasteiger partial charge in [-0.1, -0.05) is 40.5 Å². The lowest BCUT2D eigenvalue weighted by atomic mass is 9.82. The van der Waals surface area contributed by atoms with Gasteiger partial charge < -0.3 is 5.11 Å². The van der Waals surface area contributed by atoms with Crippen LogP contribution in [0.5, 0.6) is 0 Å². The van der Waals surface area contributed by atoms with E-state index in [9.17, 15) is 5.11 Å². The van der Waals surface area contributed by atoms with E-state index >= 15 is 0 Å². The monoisotopic (exact) mass is 198 g/mol. The van der Waals surface area contributed by atoms with Crippen molar-refractivity contribution < 1.29 is 5.11 Å². The first-order valence-electron chi connectivity index (χ1n) is 6.16. The lowest BCUT2D eigenvalue weighted by Gasteiger charge is -2.25. The molecule has 0 saturated heterocycles. The summed E-state index contributed by atoms with van der Waals surface area (Å²) in [6, 6.07) is 0. The molecule has 84 valence electrons. The van der Waals surface area contributed by atoms with Crippen molar-refractivity contribution in [3.63, 3.8) is 0 Å². The number of aliphatic hydroxyl groups is 1. The highest BCUT2D eigenvalue weighted by Gasteiger charge is 2.54. The second-order valence-electron chi connectivity index (χ2n) is 5.34. The van der Waals surface area contributed by atoms with Gasteiger partial charge in [0.2, 0.25) is 0 Å². The minimum atomic E-state index is -0.156. The maximum Gasteiger partial charge on any atom is 0.0540 e. The van der Waals surface area contributed by atoms with Crippen molar-refractivity contribution >= 4 is 0 Å². The molecule has 0 spiro atoms. The first-order valence-corrected chi connectivity index (χ1v) is 6.16. The predicted octanol–water partition coefficient (Wildman–Crippen LogP) is 3.47. The average Bonchev–Trinajstić information content (AvgIpc) is 2.90. The van der Waals surface area contributed by atoms with Crippen LogP contribution in [0, 0.1) is 23.2 Å². The van der Waals surface area contributed by atoms with Crippen LogP contribution in [0.2, 0.25) is 0 Å². The third-order valence-electron chi connectivity index (χ3n) is 4.89. The Morgan fingerprint density at radius 3 is 2.00 bits per heavy atom. The maximum absolute atomic E-state index is 9.58. The molecule has 0 aliphatic heterocycles. The van der Waals surface area contributed by atoms with Gasteiger partial charge in [-0.3, -0.25) is 0 Å². The molecule has 0 radical (unpaired) electrons. The zero-order chi connectivity index (χ0) is 10.9. The van der Waals surface area contributed by atoms with E-state index in [0.29, 0.717) is 17.3 Å². The second-order valence-corrected chi connectivity index (χ2v) is 5.34. The van der Waals surface area contributed by atoms with Crippen LogP contribution in [-0.2, 0) is 0 Å². The van der Waals surface area contributed by atoms with Crippen molar-refractivity contribution in [1.82, 2.24) is 0 Å². The van der Waals surface area contributed by atoms with Gasteiger partial charge in [0.1, 0.15) is 0 Å². The van der Waals surface area contributed by atoms with E-state index in [1.807, 2.05) is 6.92 Å². The van der Waals surface area contributed by atoms with Crippen LogP contribution in [0.25, 0.3) is 0 Å². The molecule has 0 aromatic carbocycles. The van der Waals surface area contributed by atoms with E-state index in [-0.39, 0.29) is 6.10 Å². The van der Waals surface area contributed by atoms with Gasteiger partial charge in [0.25, 0.3) is 0 Å². The summed E-state index contributed by atoms with van der Waals surface area (Å²) >= 11 is 0. The first kappa shape index (κ1) is 12.0. The summed E-state index contributed by atoms with van der Waals surface area (Å²) < 4.78 is 0. The molecular weight excluding hydrogens is 172 g/mol. The molecule has 1 saturated carbocycles. The Morgan fingerprint density at radius 2 is 1.71 bits per heavy atom. The molecule has 1 heteroatoms. The number of hydrogen-bond donors (Lipinski definition) is 1. The molecule has 1 N–H and O–H groups in total. The Bertz CT molecular complexity index is 182. The minimum Gasteiger partial charge on any atom is -0.393 e. The van der Waals surface area contributed by atoms with Gasteiger partial charge in [-0.25, -0.2) is 0 Å². The second kappa shape index (κ2) is 4.22. The Morgan fingerprint density at radius 1 is 1.21 bits per heavy atom. The van der Waals surface area contributed by atoms with E-state index in [1.54, 1.807) is 0 Å². The minimum absolute atomic E-state index is 0.156. The molecule has 0 bridgehead atoms. The SMILES string of the molecule is CCC1(CC)CC1C(C)C(C)C(C)O. The summed E-state index contributed by atoms with van der Waals surface area (Å²) in [7, 11) is 0. The van der Waals surface area contributed by atoms with Crippen molar-refractivity contribution in [2.24, 2.45) is 23.2 Å². The van der Waals surface area contributed by atoms with E-state index < -0.39 is 0 Å². The molecule has 1 rings (SSSR count). The number of aliphatic hydroxyl groups excluding tert-OH is 1. The standard InChI is InChI=1S/C13H26O/c1-6-13(7-2)8-12(13)10(4)9(3)11(5)14/h9-12,14H,6-8H2,1-5H3. The smallest absolute Gasteiger partial charge is 0.0540 e. The van der Waals surface area contributed by atoms with Gasteiger partial charge in [0.05, 0.1) is 6.10 Å². The van der Waals surface area contributed by atoms with Crippen molar-refractivity contribution in [3.8, 4) is 0 Å². The summed E-state index contributed by atoms with van der Waals surface area (Å²) in [5.74, 6) is 1.98. The molecule has 1 fully saturated rings. The van der Waals surface area contributed by atoms with Gasteiger partial charge in [0, 0.05) is 0 Å². The van der Waals surface area contributed by atoms with Gasteiger partial charge in [0.15, 0.2) is 0 Å². The highest BCUT2D eigenvalue weighted by Crippen LogP contribution is 2.62. The number of rotatable bonds is 5. The molecule has 4 unspecified atom stereocenters. The van der Waals surface area contributed by atoms with Crippen LogP contribution in [0.15, 0.2) is 0 Å². The Hall–Kier alpha value is -0.0400. The van der Waals surface area contributed by atoms with Crippen molar-refractivity contribution in [2.75, 3.05) is 0 Å². The summed E-state index contributed by atoms with van der Waals surface area (Å²) in [5.41, 5.74) is 0.628. The van der Waals surface area contributed by atoms with E-state index in [2.05, 4.69) is 27.7 Å². The van der Waals surface area contributed by atoms with Crippen LogP contribution in [0.3, 0.4) is 0 Å². The van der Waals surface area contributed by atoms with E-state index in [0.717, 1.165) is 5.92 Å². The molecular formula is C13H26O. The molecule has 0 aromatic heterocycles. The molecule has 0 amide bonds. The molecule has 0 aromatic rings. The molecule has 1 aliphatic carbocycles. The zero-order valence-corrected chi connectivity index (χ0v) is 10.4. The topological polar surface area (TPSA) is 20.2 Å². The van der Waals surface area contributed by atoms with Gasteiger partial charge in [-0.2, -0.15) is 0 Å². The Balaban J connectivity index is 2.53. The fourth-order valence-corrected chi connectivity index (χ4v) is 2.99. The average molecular weight is 198 g/mol. The first-order chi connectivity index (χ1) is 6.48. The molecule has 4 atom stereocenters. The molecule has 1 aliphatic rings. The quantitative estimate of drug-likeness (QED) is 0.717. The van der Waals surface area contributed by atoms with Crippen LogP contribution < -0.4 is 0 Å². The third-order valence-corrected chi connectivity index (χ3v) is 4.89. The van der Waals surface area contributed by atoms with Gasteiger partial charge >= 0.3 is 0 Å². The van der Waals surface area contributed by atoms with Crippen LogP contribution >= 0.6 is 0 Å². The van der Waals surface area contributed by atoms with E-state index in [4.69, 9.17) is 0 Å². The lowest BCUT2D eigenvalue weighted by molar-refractivity contribution is 0.0901. The third kappa shape index (κ3) is 1.98. The van der Waals surface area contributed by atoms with Crippen molar-refractivity contribution in [3.05, 3.63) is 0 Å². The molecule has 0 heterocycles. The summed E-state index contributed by atoms with van der Waals surface area (Å²) in [5, 5.41) is 9.58. The zero-order valence-electron chi connectivity index (χ0n) is 10.4. The normalized spacial score (nSPS) is 30.9. The Labute approximate surface area is 88.9 Å². The fourth-order valence-electron chi connectivity index (χ4n) is 2.99. The summed E-state index contributed by atoms with van der Waals surface area (Å²) in [6.45, 7) is 11.0. The predicted molar refractivity (Wildman–Crippen MR) is 61.1 cm³/mol. The van der Waals surface area contributed by atoms with Crippen LogP contribution in [0.4, 0.5) is 0 Å². The fraction of sp³-hybridized carbons (Fsp3) is 1.00.